The minimum absolute atomic E-state index is 0.277. The molecule has 0 unspecified atom stereocenters. The quantitative estimate of drug-likeness (QED) is 0.917. The molecule has 1 aliphatic heterocycles. The second-order valence-electron chi connectivity index (χ2n) is 6.59. The lowest BCUT2D eigenvalue weighted by molar-refractivity contribution is 0.126. The molecular weight excluding hydrogens is 301 g/mol. The van der Waals surface area contributed by atoms with Crippen molar-refractivity contribution < 1.29 is 4.39 Å². The Labute approximate surface area is 142 Å². The van der Waals surface area contributed by atoms with E-state index in [1.165, 1.54) is 17.7 Å². The van der Waals surface area contributed by atoms with Crippen molar-refractivity contribution >= 4 is 5.69 Å². The van der Waals surface area contributed by atoms with E-state index in [2.05, 4.69) is 47.5 Å². The predicted octanol–water partition coefficient (Wildman–Crippen LogP) is 4.18. The molecule has 1 N–H and O–H groups in total. The number of hydrogen-bond donors (Lipinski definition) is 1. The van der Waals surface area contributed by atoms with Crippen LogP contribution in [0.5, 0.6) is 0 Å². The molecular formula is C20H22FN3. The fourth-order valence-electron chi connectivity index (χ4n) is 3.43. The fraction of sp³-hybridized carbons (Fsp3) is 0.350. The summed E-state index contributed by atoms with van der Waals surface area (Å²) in [7, 11) is 0. The molecule has 2 atom stereocenters. The number of nitriles is 1. The van der Waals surface area contributed by atoms with Gasteiger partial charge in [0.1, 0.15) is 11.4 Å². The fourth-order valence-corrected chi connectivity index (χ4v) is 3.43. The number of rotatable bonds is 4. The number of hydrogen-bond acceptors (Lipinski definition) is 3. The van der Waals surface area contributed by atoms with Gasteiger partial charge in [-0.2, -0.15) is 5.26 Å². The SMILES string of the molecule is C[C@H]1C[C@](C#N)(Nc2cccc(F)c2)CCN1Cc1ccccc1. The first-order valence-electron chi connectivity index (χ1n) is 8.33. The molecule has 3 nitrogen and oxygen atoms in total. The van der Waals surface area contributed by atoms with Crippen LogP contribution in [0.15, 0.2) is 54.6 Å². The number of halogens is 1. The van der Waals surface area contributed by atoms with E-state index >= 15 is 0 Å². The van der Waals surface area contributed by atoms with Gasteiger partial charge in [-0.1, -0.05) is 36.4 Å². The number of nitrogens with one attached hydrogen (secondary N) is 1. The van der Waals surface area contributed by atoms with E-state index < -0.39 is 5.54 Å². The smallest absolute Gasteiger partial charge is 0.128 e. The van der Waals surface area contributed by atoms with E-state index in [1.54, 1.807) is 6.07 Å². The summed E-state index contributed by atoms with van der Waals surface area (Å²) >= 11 is 0. The molecule has 0 saturated carbocycles. The predicted molar refractivity (Wildman–Crippen MR) is 93.9 cm³/mol. The Morgan fingerprint density at radius 2 is 2.04 bits per heavy atom. The molecule has 1 saturated heterocycles. The Kier molecular flexibility index (Phi) is 4.82. The molecule has 3 rings (SSSR count). The first kappa shape index (κ1) is 16.5. The third-order valence-corrected chi connectivity index (χ3v) is 4.74. The average molecular weight is 323 g/mol. The zero-order valence-corrected chi connectivity index (χ0v) is 13.9. The van der Waals surface area contributed by atoms with Crippen molar-refractivity contribution in [1.82, 2.24) is 4.90 Å². The Morgan fingerprint density at radius 1 is 1.25 bits per heavy atom. The zero-order valence-electron chi connectivity index (χ0n) is 13.9. The normalized spacial score (nSPS) is 24.3. The van der Waals surface area contributed by atoms with Crippen LogP contribution in [0.2, 0.25) is 0 Å². The van der Waals surface area contributed by atoms with Crippen LogP contribution in [-0.2, 0) is 6.54 Å². The van der Waals surface area contributed by atoms with Gasteiger partial charge >= 0.3 is 0 Å². The average Bonchev–Trinajstić information content (AvgIpc) is 2.58. The molecule has 124 valence electrons. The second kappa shape index (κ2) is 7.02. The zero-order chi connectivity index (χ0) is 17.0. The summed E-state index contributed by atoms with van der Waals surface area (Å²) in [5.74, 6) is -0.289. The summed E-state index contributed by atoms with van der Waals surface area (Å²) in [6.45, 7) is 3.89. The second-order valence-corrected chi connectivity index (χ2v) is 6.59. The Bertz CT molecular complexity index is 725. The van der Waals surface area contributed by atoms with Crippen molar-refractivity contribution in [2.75, 3.05) is 11.9 Å². The maximum Gasteiger partial charge on any atom is 0.128 e. The van der Waals surface area contributed by atoms with E-state index in [1.807, 2.05) is 12.1 Å². The van der Waals surface area contributed by atoms with Gasteiger partial charge in [-0.05, 0) is 43.5 Å². The van der Waals surface area contributed by atoms with Crippen LogP contribution in [0.4, 0.5) is 10.1 Å². The summed E-state index contributed by atoms with van der Waals surface area (Å²) in [6.07, 6.45) is 1.43. The topological polar surface area (TPSA) is 39.1 Å². The number of anilines is 1. The van der Waals surface area contributed by atoms with Crippen molar-refractivity contribution in [2.45, 2.75) is 37.9 Å². The van der Waals surface area contributed by atoms with Gasteiger partial charge in [0.2, 0.25) is 0 Å². The highest BCUT2D eigenvalue weighted by Gasteiger charge is 2.38. The highest BCUT2D eigenvalue weighted by atomic mass is 19.1. The number of nitrogens with zero attached hydrogens (tertiary/aromatic N) is 2. The Hall–Kier alpha value is -2.38. The van der Waals surface area contributed by atoms with Crippen LogP contribution in [-0.4, -0.2) is 23.0 Å². The molecule has 24 heavy (non-hydrogen) atoms. The summed E-state index contributed by atoms with van der Waals surface area (Å²) in [4.78, 5) is 2.40. The Morgan fingerprint density at radius 3 is 2.71 bits per heavy atom. The van der Waals surface area contributed by atoms with E-state index in [-0.39, 0.29) is 11.9 Å². The molecule has 1 fully saturated rings. The molecule has 0 amide bonds. The Balaban J connectivity index is 1.69. The summed E-state index contributed by atoms with van der Waals surface area (Å²) in [5, 5.41) is 13.0. The van der Waals surface area contributed by atoms with Crippen molar-refractivity contribution in [1.29, 1.82) is 5.26 Å². The van der Waals surface area contributed by atoms with Crippen LogP contribution in [0, 0.1) is 17.1 Å². The summed E-state index contributed by atoms with van der Waals surface area (Å²) in [6, 6.07) is 19.4. The number of piperidine rings is 1. The van der Waals surface area contributed by atoms with Gasteiger partial charge in [-0.3, -0.25) is 4.90 Å². The molecule has 4 heteroatoms. The highest BCUT2D eigenvalue weighted by molar-refractivity contribution is 5.48. The molecule has 2 aromatic carbocycles. The van der Waals surface area contributed by atoms with E-state index in [9.17, 15) is 9.65 Å². The first-order chi connectivity index (χ1) is 11.6. The van der Waals surface area contributed by atoms with Gasteiger partial charge in [0.25, 0.3) is 0 Å². The van der Waals surface area contributed by atoms with Crippen LogP contribution in [0.25, 0.3) is 0 Å². The minimum atomic E-state index is -0.638. The van der Waals surface area contributed by atoms with E-state index in [0.29, 0.717) is 12.1 Å². The summed E-state index contributed by atoms with van der Waals surface area (Å²) < 4.78 is 13.4. The van der Waals surface area contributed by atoms with Crippen LogP contribution >= 0.6 is 0 Å². The molecule has 0 bridgehead atoms. The molecule has 1 heterocycles. The van der Waals surface area contributed by atoms with Gasteiger partial charge < -0.3 is 5.32 Å². The van der Waals surface area contributed by atoms with Crippen molar-refractivity contribution in [2.24, 2.45) is 0 Å². The third kappa shape index (κ3) is 3.74. The lowest BCUT2D eigenvalue weighted by Crippen LogP contribution is -2.52. The molecule has 1 aliphatic rings. The van der Waals surface area contributed by atoms with Crippen LogP contribution in [0.1, 0.15) is 25.3 Å². The van der Waals surface area contributed by atoms with Crippen molar-refractivity contribution in [3.05, 3.63) is 66.0 Å². The first-order valence-corrected chi connectivity index (χ1v) is 8.33. The van der Waals surface area contributed by atoms with Gasteiger partial charge in [0, 0.05) is 24.8 Å². The molecule has 0 aliphatic carbocycles. The summed E-state index contributed by atoms with van der Waals surface area (Å²) in [5.41, 5.74) is 1.31. The van der Waals surface area contributed by atoms with Crippen LogP contribution < -0.4 is 5.32 Å². The van der Waals surface area contributed by atoms with Gasteiger partial charge in [-0.15, -0.1) is 0 Å². The highest BCUT2D eigenvalue weighted by Crippen LogP contribution is 2.31. The minimum Gasteiger partial charge on any atom is -0.367 e. The van der Waals surface area contributed by atoms with E-state index in [0.717, 1.165) is 19.5 Å². The number of likely N-dealkylation sites (tertiary alicyclic amines) is 1. The molecule has 0 spiro atoms. The lowest BCUT2D eigenvalue weighted by Gasteiger charge is -2.42. The largest absolute Gasteiger partial charge is 0.367 e. The maximum atomic E-state index is 13.4. The van der Waals surface area contributed by atoms with Gasteiger partial charge in [0.15, 0.2) is 0 Å². The van der Waals surface area contributed by atoms with Gasteiger partial charge in [0.05, 0.1) is 6.07 Å². The van der Waals surface area contributed by atoms with E-state index in [4.69, 9.17) is 0 Å². The molecule has 0 radical (unpaired) electrons. The third-order valence-electron chi connectivity index (χ3n) is 4.74. The molecule has 2 aromatic rings. The standard InChI is InChI=1S/C20H22FN3/c1-16-13-20(15-22,23-19-9-5-8-18(21)12-19)10-11-24(16)14-17-6-3-2-4-7-17/h2-9,12,16,23H,10-11,13-14H2,1H3/t16-,20+/m0/s1. The van der Waals surface area contributed by atoms with Crippen LogP contribution in [0.3, 0.4) is 0 Å². The monoisotopic (exact) mass is 323 g/mol. The van der Waals surface area contributed by atoms with Gasteiger partial charge in [-0.25, -0.2) is 4.39 Å². The molecule has 0 aromatic heterocycles. The van der Waals surface area contributed by atoms with Crippen molar-refractivity contribution in [3.8, 4) is 6.07 Å². The number of benzene rings is 2. The van der Waals surface area contributed by atoms with Crippen molar-refractivity contribution in [3.63, 3.8) is 0 Å². The lowest BCUT2D eigenvalue weighted by atomic mass is 9.84. The maximum absolute atomic E-state index is 13.4.